The Morgan fingerprint density at radius 2 is 0.938 bits per heavy atom. The molecule has 0 aliphatic rings. The molecule has 0 unspecified atom stereocenters. The van der Waals surface area contributed by atoms with E-state index in [1.165, 1.54) is 72.3 Å². The van der Waals surface area contributed by atoms with Crippen LogP contribution in [0, 0.1) is 48.5 Å². The van der Waals surface area contributed by atoms with Gasteiger partial charge in [0.05, 0.1) is 0 Å². The monoisotopic (exact) mass is 436 g/mol. The normalized spacial score (nSPS) is 11.1. The van der Waals surface area contributed by atoms with Crippen molar-refractivity contribution in [3.63, 3.8) is 0 Å². The van der Waals surface area contributed by atoms with Gasteiger partial charge in [-0.25, -0.2) is 0 Å². The summed E-state index contributed by atoms with van der Waals surface area (Å²) in [6.45, 7) is 15.6. The maximum atomic E-state index is 4.81. The van der Waals surface area contributed by atoms with Crippen molar-refractivity contribution in [1.29, 1.82) is 0 Å². The Bertz CT molecular complexity index is 1290. The highest BCUT2D eigenvalue weighted by Crippen LogP contribution is 2.44. The van der Waals surface area contributed by atoms with Crippen molar-refractivity contribution in [3.8, 4) is 33.4 Å². The first kappa shape index (κ1) is 22.4. The van der Waals surface area contributed by atoms with Crippen LogP contribution in [-0.4, -0.2) is 0 Å². The lowest BCUT2D eigenvalue weighted by molar-refractivity contribution is 1.29. The molecule has 0 fully saturated rings. The molecule has 0 amide bonds. The van der Waals surface area contributed by atoms with Gasteiger partial charge < -0.3 is 0 Å². The van der Waals surface area contributed by atoms with E-state index in [9.17, 15) is 0 Å². The highest BCUT2D eigenvalue weighted by molar-refractivity contribution is 7.80. The molecule has 0 N–H and O–H groups in total. The fourth-order valence-electron chi connectivity index (χ4n) is 5.41. The third-order valence-corrected chi connectivity index (χ3v) is 6.92. The van der Waals surface area contributed by atoms with Crippen molar-refractivity contribution in [2.45, 2.75) is 53.4 Å². The van der Waals surface area contributed by atoms with Crippen LogP contribution >= 0.6 is 12.6 Å². The van der Waals surface area contributed by atoms with Crippen molar-refractivity contribution in [3.05, 3.63) is 99.6 Å². The summed E-state index contributed by atoms with van der Waals surface area (Å²) in [7, 11) is 0. The molecular formula is C31H32S. The molecule has 0 atom stereocenters. The van der Waals surface area contributed by atoms with E-state index < -0.39 is 0 Å². The maximum absolute atomic E-state index is 4.81. The van der Waals surface area contributed by atoms with E-state index in [4.69, 9.17) is 12.6 Å². The van der Waals surface area contributed by atoms with Gasteiger partial charge >= 0.3 is 0 Å². The van der Waals surface area contributed by atoms with Crippen LogP contribution in [0.2, 0.25) is 0 Å². The molecule has 0 spiro atoms. The number of hydrogen-bond acceptors (Lipinski definition) is 1. The molecule has 0 saturated carbocycles. The van der Waals surface area contributed by atoms with Crippen LogP contribution in [0.3, 0.4) is 0 Å². The summed E-state index contributed by atoms with van der Waals surface area (Å²) < 4.78 is 0. The Kier molecular flexibility index (Phi) is 6.05. The largest absolute Gasteiger partial charge is 0.143 e. The molecule has 4 aromatic rings. The average molecular weight is 437 g/mol. The first-order chi connectivity index (χ1) is 15.2. The van der Waals surface area contributed by atoms with Crippen molar-refractivity contribution in [2.24, 2.45) is 0 Å². The summed E-state index contributed by atoms with van der Waals surface area (Å²) in [6.07, 6.45) is 0. The molecule has 0 heterocycles. The quantitative estimate of drug-likeness (QED) is 0.304. The topological polar surface area (TPSA) is 0 Å². The van der Waals surface area contributed by atoms with E-state index in [1.807, 2.05) is 6.07 Å². The summed E-state index contributed by atoms with van der Waals surface area (Å²) in [5, 5.41) is 0. The second-order valence-corrected chi connectivity index (χ2v) is 9.71. The smallest absolute Gasteiger partial charge is 0.0119 e. The molecule has 4 rings (SSSR count). The molecule has 0 nitrogen and oxygen atoms in total. The third-order valence-electron chi connectivity index (χ3n) is 6.53. The van der Waals surface area contributed by atoms with Crippen LogP contribution in [0.1, 0.15) is 38.9 Å². The molecule has 0 saturated heterocycles. The Hall–Kier alpha value is -2.77. The minimum atomic E-state index is 1.01. The van der Waals surface area contributed by atoms with Gasteiger partial charge in [-0.1, -0.05) is 65.7 Å². The minimum absolute atomic E-state index is 1.01. The summed E-state index contributed by atoms with van der Waals surface area (Å²) in [5.74, 6) is 0. The van der Waals surface area contributed by atoms with Crippen LogP contribution in [0.5, 0.6) is 0 Å². The van der Waals surface area contributed by atoms with Gasteiger partial charge in [0.2, 0.25) is 0 Å². The molecule has 1 heteroatoms. The molecule has 0 aliphatic carbocycles. The summed E-state index contributed by atoms with van der Waals surface area (Å²) in [6, 6.07) is 22.2. The van der Waals surface area contributed by atoms with Crippen LogP contribution in [0.4, 0.5) is 0 Å². The van der Waals surface area contributed by atoms with Gasteiger partial charge in [0.25, 0.3) is 0 Å². The molecule has 32 heavy (non-hydrogen) atoms. The highest BCUT2D eigenvalue weighted by atomic mass is 32.1. The lowest BCUT2D eigenvalue weighted by Gasteiger charge is -2.23. The molecule has 0 aromatic heterocycles. The van der Waals surface area contributed by atoms with E-state index in [0.717, 1.165) is 4.90 Å². The third kappa shape index (κ3) is 3.91. The van der Waals surface area contributed by atoms with Gasteiger partial charge in [0.15, 0.2) is 0 Å². The molecular weight excluding hydrogens is 404 g/mol. The molecule has 0 aliphatic heterocycles. The van der Waals surface area contributed by atoms with Crippen molar-refractivity contribution < 1.29 is 0 Å². The Morgan fingerprint density at radius 1 is 0.469 bits per heavy atom. The van der Waals surface area contributed by atoms with Gasteiger partial charge in [-0.2, -0.15) is 0 Å². The Labute approximate surface area is 198 Å². The van der Waals surface area contributed by atoms with Gasteiger partial charge in [0, 0.05) is 4.90 Å². The Morgan fingerprint density at radius 3 is 1.47 bits per heavy atom. The lowest BCUT2D eigenvalue weighted by Crippen LogP contribution is -2.00. The zero-order chi connectivity index (χ0) is 23.2. The number of hydrogen-bond donors (Lipinski definition) is 1. The van der Waals surface area contributed by atoms with Crippen LogP contribution in [-0.2, 0) is 0 Å². The summed E-state index contributed by atoms with van der Waals surface area (Å²) in [4.78, 5) is 1.01. The number of benzene rings is 4. The van der Waals surface area contributed by atoms with E-state index in [-0.39, 0.29) is 0 Å². The second kappa shape index (κ2) is 8.64. The predicted octanol–water partition coefficient (Wildman–Crippen LogP) is 9.14. The van der Waals surface area contributed by atoms with Crippen LogP contribution in [0.15, 0.2) is 65.6 Å². The molecule has 0 radical (unpaired) electrons. The molecule has 162 valence electrons. The van der Waals surface area contributed by atoms with E-state index in [0.29, 0.717) is 0 Å². The van der Waals surface area contributed by atoms with E-state index in [2.05, 4.69) is 103 Å². The number of thiol groups is 1. The summed E-state index contributed by atoms with van der Waals surface area (Å²) in [5.41, 5.74) is 17.0. The van der Waals surface area contributed by atoms with Gasteiger partial charge in [-0.15, -0.1) is 12.6 Å². The number of rotatable bonds is 3. The fourth-order valence-corrected chi connectivity index (χ4v) is 5.69. The fraction of sp³-hybridized carbons (Fsp3) is 0.226. The van der Waals surface area contributed by atoms with Crippen molar-refractivity contribution in [2.75, 3.05) is 0 Å². The zero-order valence-electron chi connectivity index (χ0n) is 20.2. The highest BCUT2D eigenvalue weighted by Gasteiger charge is 2.20. The summed E-state index contributed by atoms with van der Waals surface area (Å²) >= 11 is 4.81. The lowest BCUT2D eigenvalue weighted by atomic mass is 9.81. The van der Waals surface area contributed by atoms with E-state index in [1.54, 1.807) is 0 Å². The standard InChI is InChI=1S/C31H32S/c1-18-14-20(3)29(21(4)15-18)25-12-13-27(26-10-8-9-11-28(26)32)31(24(25)7)30-22(5)16-19(2)17-23(30)6/h8-17,32H,1-7H3. The van der Waals surface area contributed by atoms with Crippen LogP contribution < -0.4 is 0 Å². The molecule has 0 bridgehead atoms. The van der Waals surface area contributed by atoms with Crippen molar-refractivity contribution in [1.82, 2.24) is 0 Å². The van der Waals surface area contributed by atoms with Crippen molar-refractivity contribution >= 4 is 12.6 Å². The minimum Gasteiger partial charge on any atom is -0.143 e. The first-order valence-corrected chi connectivity index (χ1v) is 11.7. The Balaban J connectivity index is 2.13. The zero-order valence-corrected chi connectivity index (χ0v) is 21.1. The average Bonchev–Trinajstić information content (AvgIpc) is 2.69. The first-order valence-electron chi connectivity index (χ1n) is 11.3. The predicted molar refractivity (Wildman–Crippen MR) is 143 cm³/mol. The van der Waals surface area contributed by atoms with E-state index >= 15 is 0 Å². The van der Waals surface area contributed by atoms with Gasteiger partial charge in [0.1, 0.15) is 0 Å². The van der Waals surface area contributed by atoms with Gasteiger partial charge in [-0.05, 0) is 116 Å². The molecule has 4 aromatic carbocycles. The maximum Gasteiger partial charge on any atom is 0.0119 e. The van der Waals surface area contributed by atoms with Crippen LogP contribution in [0.25, 0.3) is 33.4 Å². The SMILES string of the molecule is Cc1cc(C)c(-c2ccc(-c3ccccc3S)c(-c3c(C)cc(C)cc3C)c2C)c(C)c1. The number of aryl methyl sites for hydroxylation is 6. The van der Waals surface area contributed by atoms with Gasteiger partial charge in [-0.3, -0.25) is 0 Å². The second-order valence-electron chi connectivity index (χ2n) is 9.23.